The van der Waals surface area contributed by atoms with Gasteiger partial charge in [-0.3, -0.25) is 9.59 Å². The Kier molecular flexibility index (Phi) is 6.41. The number of esters is 1. The maximum atomic E-state index is 12.3. The Bertz CT molecular complexity index is 893. The molecule has 0 aromatic heterocycles. The van der Waals surface area contributed by atoms with Gasteiger partial charge in [0, 0.05) is 17.5 Å². The molecule has 3 rings (SSSR count). The van der Waals surface area contributed by atoms with Crippen molar-refractivity contribution in [3.05, 3.63) is 52.0 Å². The maximum Gasteiger partial charge on any atom is 0.310 e. The van der Waals surface area contributed by atoms with Crippen LogP contribution >= 0.6 is 11.6 Å². The molecule has 0 fully saturated rings. The summed E-state index contributed by atoms with van der Waals surface area (Å²) in [5.74, 6) is 1.08. The number of fused-ring (bicyclic) bond motifs is 1. The van der Waals surface area contributed by atoms with Gasteiger partial charge in [-0.1, -0.05) is 11.6 Å². The number of hydrogen-bond acceptors (Lipinski definition) is 6. The highest BCUT2D eigenvalue weighted by Gasteiger charge is 2.17. The summed E-state index contributed by atoms with van der Waals surface area (Å²) in [5.41, 5.74) is 1.82. The molecule has 0 saturated carbocycles. The van der Waals surface area contributed by atoms with E-state index in [0.29, 0.717) is 52.2 Å². The Morgan fingerprint density at radius 3 is 2.68 bits per heavy atom. The summed E-state index contributed by atoms with van der Waals surface area (Å²) in [5, 5.41) is 0.401. The van der Waals surface area contributed by atoms with E-state index in [0.717, 1.165) is 6.42 Å². The molecule has 0 saturated heterocycles. The molecule has 0 atom stereocenters. The van der Waals surface area contributed by atoms with Crippen molar-refractivity contribution in [1.82, 2.24) is 0 Å². The number of hydrogen-bond donors (Lipinski definition) is 0. The third kappa shape index (κ3) is 4.75. The second-order valence-electron chi connectivity index (χ2n) is 6.38. The van der Waals surface area contributed by atoms with Gasteiger partial charge in [0.1, 0.15) is 12.4 Å². The smallest absolute Gasteiger partial charge is 0.310 e. The zero-order valence-electron chi connectivity index (χ0n) is 15.7. The van der Waals surface area contributed by atoms with E-state index >= 15 is 0 Å². The molecule has 7 heteroatoms. The molecular weight excluding hydrogens is 384 g/mol. The molecule has 1 heterocycles. The van der Waals surface area contributed by atoms with Crippen molar-refractivity contribution in [2.45, 2.75) is 26.4 Å². The van der Waals surface area contributed by atoms with Crippen molar-refractivity contribution in [3.8, 4) is 17.2 Å². The standard InChI is InChI=1S/C21H21ClO6/c1-13(23)15-4-5-18(25-2)16(11-15)12-28-20(24)10-14-8-17(22)21-19(9-14)26-6-3-7-27-21/h4-5,8-9,11H,3,6-7,10,12H2,1-2H3. The molecule has 6 nitrogen and oxygen atoms in total. The summed E-state index contributed by atoms with van der Waals surface area (Å²) in [6.07, 6.45) is 0.800. The van der Waals surface area contributed by atoms with Crippen LogP contribution in [0.25, 0.3) is 0 Å². The average Bonchev–Trinajstić information content (AvgIpc) is 2.92. The van der Waals surface area contributed by atoms with Crippen LogP contribution in [-0.4, -0.2) is 32.1 Å². The van der Waals surface area contributed by atoms with Crippen molar-refractivity contribution < 1.29 is 28.5 Å². The lowest BCUT2D eigenvalue weighted by Crippen LogP contribution is -2.09. The summed E-state index contributed by atoms with van der Waals surface area (Å²) in [4.78, 5) is 23.9. The molecule has 148 valence electrons. The van der Waals surface area contributed by atoms with Crippen LogP contribution in [0.15, 0.2) is 30.3 Å². The summed E-state index contributed by atoms with van der Waals surface area (Å²) in [6.45, 7) is 2.55. The molecule has 0 amide bonds. The number of Topliss-reactive ketones (excluding diaryl/α,β-unsaturated/α-hetero) is 1. The lowest BCUT2D eigenvalue weighted by atomic mass is 10.1. The first-order valence-electron chi connectivity index (χ1n) is 8.89. The van der Waals surface area contributed by atoms with E-state index in [4.69, 9.17) is 30.5 Å². The quantitative estimate of drug-likeness (QED) is 0.535. The van der Waals surface area contributed by atoms with Gasteiger partial charge < -0.3 is 18.9 Å². The fourth-order valence-corrected chi connectivity index (χ4v) is 3.16. The first kappa shape index (κ1) is 20.0. The number of carbonyl (C=O) groups excluding carboxylic acids is 2. The van der Waals surface area contributed by atoms with E-state index in [1.807, 2.05) is 0 Å². The van der Waals surface area contributed by atoms with Crippen molar-refractivity contribution in [2.24, 2.45) is 0 Å². The lowest BCUT2D eigenvalue weighted by molar-refractivity contribution is -0.144. The Hall–Kier alpha value is -2.73. The Morgan fingerprint density at radius 1 is 1.14 bits per heavy atom. The fourth-order valence-electron chi connectivity index (χ4n) is 2.87. The van der Waals surface area contributed by atoms with Crippen molar-refractivity contribution in [3.63, 3.8) is 0 Å². The highest BCUT2D eigenvalue weighted by molar-refractivity contribution is 6.32. The molecule has 0 unspecified atom stereocenters. The summed E-state index contributed by atoms with van der Waals surface area (Å²) in [6, 6.07) is 8.44. The van der Waals surface area contributed by atoms with E-state index < -0.39 is 5.97 Å². The SMILES string of the molecule is COc1ccc(C(C)=O)cc1COC(=O)Cc1cc(Cl)c2c(c1)OCCCO2. The van der Waals surface area contributed by atoms with Crippen LogP contribution in [0.1, 0.15) is 34.8 Å². The van der Waals surface area contributed by atoms with E-state index in [2.05, 4.69) is 0 Å². The summed E-state index contributed by atoms with van der Waals surface area (Å²) < 4.78 is 21.9. The monoisotopic (exact) mass is 404 g/mol. The van der Waals surface area contributed by atoms with Gasteiger partial charge in [-0.25, -0.2) is 0 Å². The highest BCUT2D eigenvalue weighted by Crippen LogP contribution is 2.38. The van der Waals surface area contributed by atoms with Crippen LogP contribution in [0.4, 0.5) is 0 Å². The maximum absolute atomic E-state index is 12.3. The van der Waals surface area contributed by atoms with Crippen LogP contribution in [0.3, 0.4) is 0 Å². The highest BCUT2D eigenvalue weighted by atomic mass is 35.5. The third-order valence-corrected chi connectivity index (χ3v) is 4.57. The minimum absolute atomic E-state index is 0.00140. The van der Waals surface area contributed by atoms with Gasteiger partial charge in [0.2, 0.25) is 0 Å². The van der Waals surface area contributed by atoms with E-state index in [1.54, 1.807) is 30.3 Å². The number of rotatable bonds is 6. The minimum Gasteiger partial charge on any atom is -0.496 e. The molecule has 1 aliphatic rings. The third-order valence-electron chi connectivity index (χ3n) is 4.29. The van der Waals surface area contributed by atoms with E-state index in [-0.39, 0.29) is 18.8 Å². The van der Waals surface area contributed by atoms with Gasteiger partial charge in [-0.05, 0) is 42.8 Å². The van der Waals surface area contributed by atoms with Crippen molar-refractivity contribution in [2.75, 3.05) is 20.3 Å². The minimum atomic E-state index is -0.430. The first-order chi connectivity index (χ1) is 13.5. The number of benzene rings is 2. The second kappa shape index (κ2) is 8.97. The fraction of sp³-hybridized carbons (Fsp3) is 0.333. The normalized spacial score (nSPS) is 12.8. The molecular formula is C21H21ClO6. The molecule has 0 spiro atoms. The van der Waals surface area contributed by atoms with Crippen molar-refractivity contribution in [1.29, 1.82) is 0 Å². The molecule has 1 aliphatic heterocycles. The second-order valence-corrected chi connectivity index (χ2v) is 6.78. The zero-order valence-corrected chi connectivity index (χ0v) is 16.5. The van der Waals surface area contributed by atoms with E-state index in [1.165, 1.54) is 14.0 Å². The van der Waals surface area contributed by atoms with E-state index in [9.17, 15) is 9.59 Å². The number of ether oxygens (including phenoxy) is 4. The van der Waals surface area contributed by atoms with Gasteiger partial charge in [-0.15, -0.1) is 0 Å². The van der Waals surface area contributed by atoms with Gasteiger partial charge in [0.05, 0.1) is 31.8 Å². The predicted molar refractivity (Wildman–Crippen MR) is 104 cm³/mol. The molecule has 2 aromatic rings. The molecule has 2 aromatic carbocycles. The number of methoxy groups -OCH3 is 1. The molecule has 0 radical (unpaired) electrons. The van der Waals surface area contributed by atoms with Crippen LogP contribution < -0.4 is 14.2 Å². The van der Waals surface area contributed by atoms with Gasteiger partial charge >= 0.3 is 5.97 Å². The van der Waals surface area contributed by atoms with Crippen LogP contribution in [0, 0.1) is 0 Å². The Morgan fingerprint density at radius 2 is 1.93 bits per heavy atom. The van der Waals surface area contributed by atoms with Crippen molar-refractivity contribution >= 4 is 23.4 Å². The summed E-state index contributed by atoms with van der Waals surface area (Å²) >= 11 is 6.26. The number of carbonyl (C=O) groups is 2. The summed E-state index contributed by atoms with van der Waals surface area (Å²) in [7, 11) is 1.52. The molecule has 0 bridgehead atoms. The van der Waals surface area contributed by atoms with Gasteiger partial charge in [0.25, 0.3) is 0 Å². The predicted octanol–water partition coefficient (Wildman–Crippen LogP) is 4.00. The largest absolute Gasteiger partial charge is 0.496 e. The molecule has 0 N–H and O–H groups in total. The van der Waals surface area contributed by atoms with Gasteiger partial charge in [-0.2, -0.15) is 0 Å². The zero-order chi connectivity index (χ0) is 20.1. The van der Waals surface area contributed by atoms with Crippen LogP contribution in [0.2, 0.25) is 5.02 Å². The van der Waals surface area contributed by atoms with Gasteiger partial charge in [0.15, 0.2) is 17.3 Å². The average molecular weight is 405 g/mol. The topological polar surface area (TPSA) is 71.1 Å². The molecule has 0 aliphatic carbocycles. The number of ketones is 1. The van der Waals surface area contributed by atoms with Crippen LogP contribution in [0.5, 0.6) is 17.2 Å². The number of halogens is 1. The molecule has 28 heavy (non-hydrogen) atoms. The first-order valence-corrected chi connectivity index (χ1v) is 9.27. The lowest BCUT2D eigenvalue weighted by Gasteiger charge is -2.12. The Labute approximate surface area is 168 Å². The van der Waals surface area contributed by atoms with Crippen LogP contribution in [-0.2, 0) is 22.6 Å². The Balaban J connectivity index is 1.68.